The maximum atomic E-state index is 12.6. The van der Waals surface area contributed by atoms with Crippen molar-refractivity contribution in [2.24, 2.45) is 5.92 Å². The summed E-state index contributed by atoms with van der Waals surface area (Å²) in [4.78, 5) is 26.8. The van der Waals surface area contributed by atoms with Crippen molar-refractivity contribution in [3.8, 4) is 0 Å². The second-order valence-electron chi connectivity index (χ2n) is 7.47. The van der Waals surface area contributed by atoms with E-state index in [2.05, 4.69) is 5.32 Å². The number of nitrogens with one attached hydrogen (secondary N) is 1. The van der Waals surface area contributed by atoms with Crippen molar-refractivity contribution in [2.45, 2.75) is 24.8 Å². The predicted molar refractivity (Wildman–Crippen MR) is 111 cm³/mol. The molecule has 8 heteroatoms. The number of nitrogens with zero attached hydrogens (tertiary/aromatic N) is 2. The van der Waals surface area contributed by atoms with E-state index in [1.54, 1.807) is 17.0 Å². The van der Waals surface area contributed by atoms with Gasteiger partial charge in [0.15, 0.2) is 0 Å². The second kappa shape index (κ2) is 8.34. The van der Waals surface area contributed by atoms with Crippen LogP contribution in [0.4, 0.5) is 5.69 Å². The molecule has 0 bridgehead atoms. The molecule has 3 rings (SSSR count). The molecule has 0 spiro atoms. The van der Waals surface area contributed by atoms with E-state index < -0.39 is 15.9 Å². The highest BCUT2D eigenvalue weighted by Gasteiger charge is 2.34. The van der Waals surface area contributed by atoms with Crippen LogP contribution in [0, 0.1) is 12.8 Å². The highest BCUT2D eigenvalue weighted by atomic mass is 32.2. The number of amides is 2. The van der Waals surface area contributed by atoms with Crippen LogP contribution in [0.3, 0.4) is 0 Å². The van der Waals surface area contributed by atoms with Crippen molar-refractivity contribution in [2.75, 3.05) is 26.0 Å². The van der Waals surface area contributed by atoms with E-state index in [1.807, 2.05) is 31.2 Å². The van der Waals surface area contributed by atoms with E-state index in [4.69, 9.17) is 0 Å². The third-order valence-electron chi connectivity index (χ3n) is 4.96. The van der Waals surface area contributed by atoms with Gasteiger partial charge in [0.2, 0.25) is 21.8 Å². The predicted octanol–water partition coefficient (Wildman–Crippen LogP) is 2.23. The summed E-state index contributed by atoms with van der Waals surface area (Å²) in [7, 11) is -0.686. The number of carbonyl (C=O) groups is 2. The average Bonchev–Trinajstić information content (AvgIpc) is 3.04. The van der Waals surface area contributed by atoms with Gasteiger partial charge in [-0.25, -0.2) is 12.7 Å². The molecule has 0 unspecified atom stereocenters. The van der Waals surface area contributed by atoms with Crippen LogP contribution in [-0.2, 0) is 26.2 Å². The molecule has 2 aromatic rings. The molecule has 1 atom stereocenters. The molecule has 29 heavy (non-hydrogen) atoms. The SMILES string of the molecule is Cc1ccc(CN2C[C@H](C(=O)Nc3cccc(S(=O)(=O)N(C)C)c3)CC2=O)cc1. The van der Waals surface area contributed by atoms with Crippen molar-refractivity contribution in [3.05, 3.63) is 59.7 Å². The van der Waals surface area contributed by atoms with Crippen LogP contribution < -0.4 is 5.32 Å². The molecule has 2 aromatic carbocycles. The summed E-state index contributed by atoms with van der Waals surface area (Å²) in [6.07, 6.45) is 0.146. The summed E-state index contributed by atoms with van der Waals surface area (Å²) < 4.78 is 25.7. The summed E-state index contributed by atoms with van der Waals surface area (Å²) in [5, 5.41) is 2.75. The molecule has 2 amide bonds. The summed E-state index contributed by atoms with van der Waals surface area (Å²) in [6, 6.07) is 14.1. The first-order chi connectivity index (χ1) is 13.7. The van der Waals surface area contributed by atoms with Crippen LogP contribution in [0.25, 0.3) is 0 Å². The molecule has 1 aliphatic rings. The Hall–Kier alpha value is -2.71. The van der Waals surface area contributed by atoms with E-state index in [-0.39, 0.29) is 23.1 Å². The van der Waals surface area contributed by atoms with E-state index in [0.717, 1.165) is 15.4 Å². The monoisotopic (exact) mass is 415 g/mol. The van der Waals surface area contributed by atoms with Crippen molar-refractivity contribution >= 4 is 27.5 Å². The molecule has 0 aromatic heterocycles. The van der Waals surface area contributed by atoms with Crippen LogP contribution in [0.15, 0.2) is 53.4 Å². The Morgan fingerprint density at radius 2 is 1.86 bits per heavy atom. The highest BCUT2D eigenvalue weighted by Crippen LogP contribution is 2.23. The number of hydrogen-bond acceptors (Lipinski definition) is 4. The lowest BCUT2D eigenvalue weighted by molar-refractivity contribution is -0.128. The van der Waals surface area contributed by atoms with Gasteiger partial charge in [-0.05, 0) is 30.7 Å². The standard InChI is InChI=1S/C21H25N3O4S/c1-15-7-9-16(10-8-15)13-24-14-17(11-20(24)25)21(26)22-18-5-4-6-19(12-18)29(27,28)23(2)3/h4-10,12,17H,11,13-14H2,1-3H3,(H,22,26)/t17-/m1/s1. The number of hydrogen-bond donors (Lipinski definition) is 1. The van der Waals surface area contributed by atoms with Crippen LogP contribution >= 0.6 is 0 Å². The zero-order chi connectivity index (χ0) is 21.2. The number of anilines is 1. The fourth-order valence-electron chi connectivity index (χ4n) is 3.20. The van der Waals surface area contributed by atoms with Gasteiger partial charge in [-0.1, -0.05) is 35.9 Å². The molecule has 1 saturated heterocycles. The van der Waals surface area contributed by atoms with Crippen LogP contribution in [0.2, 0.25) is 0 Å². The summed E-state index contributed by atoms with van der Waals surface area (Å²) in [6.45, 7) is 2.82. The van der Waals surface area contributed by atoms with Crippen LogP contribution in [0.5, 0.6) is 0 Å². The Kier molecular flexibility index (Phi) is 6.04. The number of carbonyl (C=O) groups excluding carboxylic acids is 2. The van der Waals surface area contributed by atoms with E-state index in [1.165, 1.54) is 26.2 Å². The maximum absolute atomic E-state index is 12.6. The lowest BCUT2D eigenvalue weighted by Gasteiger charge is -2.17. The van der Waals surface area contributed by atoms with E-state index >= 15 is 0 Å². The molecule has 0 aliphatic carbocycles. The first kappa shape index (κ1) is 21.0. The number of aryl methyl sites for hydroxylation is 1. The average molecular weight is 416 g/mol. The van der Waals surface area contributed by atoms with Crippen molar-refractivity contribution < 1.29 is 18.0 Å². The van der Waals surface area contributed by atoms with Crippen molar-refractivity contribution in [1.82, 2.24) is 9.21 Å². The maximum Gasteiger partial charge on any atom is 0.242 e. The fraction of sp³-hybridized carbons (Fsp3) is 0.333. The number of likely N-dealkylation sites (tertiary alicyclic amines) is 1. The first-order valence-corrected chi connectivity index (χ1v) is 10.8. The lowest BCUT2D eigenvalue weighted by Crippen LogP contribution is -2.28. The molecule has 0 saturated carbocycles. The largest absolute Gasteiger partial charge is 0.338 e. The van der Waals surface area contributed by atoms with Gasteiger partial charge in [0, 0.05) is 39.3 Å². The minimum atomic E-state index is -3.59. The minimum Gasteiger partial charge on any atom is -0.338 e. The first-order valence-electron chi connectivity index (χ1n) is 9.33. The number of rotatable bonds is 6. The normalized spacial score (nSPS) is 17.0. The zero-order valence-corrected chi connectivity index (χ0v) is 17.6. The second-order valence-corrected chi connectivity index (χ2v) is 9.62. The van der Waals surface area contributed by atoms with Gasteiger partial charge in [-0.2, -0.15) is 0 Å². The Morgan fingerprint density at radius 3 is 2.52 bits per heavy atom. The Labute approximate surface area is 171 Å². The Balaban J connectivity index is 1.66. The third kappa shape index (κ3) is 4.83. The smallest absolute Gasteiger partial charge is 0.242 e. The lowest BCUT2D eigenvalue weighted by atomic mass is 10.1. The van der Waals surface area contributed by atoms with Gasteiger partial charge in [-0.3, -0.25) is 9.59 Å². The van der Waals surface area contributed by atoms with Crippen LogP contribution in [-0.4, -0.2) is 50.1 Å². The van der Waals surface area contributed by atoms with Gasteiger partial charge in [0.1, 0.15) is 0 Å². The fourth-order valence-corrected chi connectivity index (χ4v) is 4.15. The molecule has 7 nitrogen and oxygen atoms in total. The quantitative estimate of drug-likeness (QED) is 0.784. The van der Waals surface area contributed by atoms with Gasteiger partial charge < -0.3 is 10.2 Å². The molecule has 154 valence electrons. The molecular weight excluding hydrogens is 390 g/mol. The summed E-state index contributed by atoms with van der Waals surface area (Å²) >= 11 is 0. The Morgan fingerprint density at radius 1 is 1.17 bits per heavy atom. The highest BCUT2D eigenvalue weighted by molar-refractivity contribution is 7.89. The molecule has 1 aliphatic heterocycles. The van der Waals surface area contributed by atoms with Gasteiger partial charge >= 0.3 is 0 Å². The van der Waals surface area contributed by atoms with Gasteiger partial charge in [0.05, 0.1) is 10.8 Å². The van der Waals surface area contributed by atoms with Gasteiger partial charge in [-0.15, -0.1) is 0 Å². The Bertz CT molecular complexity index is 1020. The van der Waals surface area contributed by atoms with E-state index in [0.29, 0.717) is 18.8 Å². The van der Waals surface area contributed by atoms with Gasteiger partial charge in [0.25, 0.3) is 0 Å². The minimum absolute atomic E-state index is 0.0605. The molecule has 0 radical (unpaired) electrons. The number of benzene rings is 2. The number of sulfonamides is 1. The molecule has 1 heterocycles. The van der Waals surface area contributed by atoms with Crippen molar-refractivity contribution in [1.29, 1.82) is 0 Å². The third-order valence-corrected chi connectivity index (χ3v) is 6.77. The van der Waals surface area contributed by atoms with Crippen LogP contribution in [0.1, 0.15) is 17.5 Å². The zero-order valence-electron chi connectivity index (χ0n) is 16.8. The topological polar surface area (TPSA) is 86.8 Å². The van der Waals surface area contributed by atoms with E-state index in [9.17, 15) is 18.0 Å². The molecule has 1 N–H and O–H groups in total. The summed E-state index contributed by atoms with van der Waals surface area (Å²) in [5.74, 6) is -0.819. The summed E-state index contributed by atoms with van der Waals surface area (Å²) in [5.41, 5.74) is 2.56. The van der Waals surface area contributed by atoms with Crippen molar-refractivity contribution in [3.63, 3.8) is 0 Å². The molecule has 1 fully saturated rings. The molecular formula is C21H25N3O4S.